The molecule has 1 aliphatic heterocycles. The number of carbonyl (C=O) groups is 1. The van der Waals surface area contributed by atoms with Crippen molar-refractivity contribution < 1.29 is 14.3 Å². The van der Waals surface area contributed by atoms with Crippen LogP contribution in [-0.2, 0) is 17.9 Å². The van der Waals surface area contributed by atoms with Crippen molar-refractivity contribution in [1.82, 2.24) is 14.9 Å². The predicted octanol–water partition coefficient (Wildman–Crippen LogP) is 1.50. The Morgan fingerprint density at radius 2 is 2.17 bits per heavy atom. The molecule has 3 aromatic rings. The van der Waals surface area contributed by atoms with Crippen LogP contribution in [0.2, 0.25) is 0 Å². The van der Waals surface area contributed by atoms with Gasteiger partial charge in [-0.15, -0.1) is 11.3 Å². The number of hydrogen-bond acceptors (Lipinski definition) is 6. The summed E-state index contributed by atoms with van der Waals surface area (Å²) in [4.78, 5) is 29.2. The van der Waals surface area contributed by atoms with Gasteiger partial charge in [0, 0.05) is 6.54 Å². The third-order valence-corrected chi connectivity index (χ3v) is 4.51. The largest absolute Gasteiger partial charge is 0.454 e. The highest BCUT2D eigenvalue weighted by Gasteiger charge is 2.14. The van der Waals surface area contributed by atoms with Crippen LogP contribution in [0.25, 0.3) is 10.2 Å². The van der Waals surface area contributed by atoms with Crippen LogP contribution in [0.3, 0.4) is 0 Å². The van der Waals surface area contributed by atoms with E-state index in [9.17, 15) is 9.59 Å². The summed E-state index contributed by atoms with van der Waals surface area (Å²) in [7, 11) is 0. The molecule has 0 fully saturated rings. The van der Waals surface area contributed by atoms with E-state index in [-0.39, 0.29) is 24.8 Å². The fourth-order valence-corrected chi connectivity index (χ4v) is 3.19. The third kappa shape index (κ3) is 2.71. The van der Waals surface area contributed by atoms with Crippen molar-refractivity contribution in [3.63, 3.8) is 0 Å². The van der Waals surface area contributed by atoms with Gasteiger partial charge in [-0.05, 0) is 29.1 Å². The molecule has 1 aliphatic rings. The Morgan fingerprint density at radius 3 is 3.08 bits per heavy atom. The van der Waals surface area contributed by atoms with E-state index in [0.717, 1.165) is 5.56 Å². The summed E-state index contributed by atoms with van der Waals surface area (Å²) in [6.45, 7) is 0.493. The van der Waals surface area contributed by atoms with E-state index in [2.05, 4.69) is 10.3 Å². The van der Waals surface area contributed by atoms with Crippen LogP contribution in [0.4, 0.5) is 0 Å². The molecular formula is C16H13N3O4S. The molecule has 0 saturated heterocycles. The molecule has 24 heavy (non-hydrogen) atoms. The highest BCUT2D eigenvalue weighted by Crippen LogP contribution is 2.32. The average molecular weight is 343 g/mol. The Morgan fingerprint density at radius 1 is 1.29 bits per heavy atom. The number of aromatic nitrogens is 2. The van der Waals surface area contributed by atoms with Gasteiger partial charge in [0.25, 0.3) is 5.56 Å². The van der Waals surface area contributed by atoms with Crippen molar-refractivity contribution in [2.75, 3.05) is 6.79 Å². The molecule has 0 bridgehead atoms. The molecule has 0 radical (unpaired) electrons. The summed E-state index contributed by atoms with van der Waals surface area (Å²) in [6, 6.07) is 7.21. The minimum atomic E-state index is -0.258. The molecule has 0 saturated carbocycles. The Hall–Kier alpha value is -2.87. The monoisotopic (exact) mass is 343 g/mol. The van der Waals surface area contributed by atoms with Gasteiger partial charge in [0.1, 0.15) is 11.4 Å². The average Bonchev–Trinajstić information content (AvgIpc) is 3.24. The first-order valence-corrected chi connectivity index (χ1v) is 8.16. The summed E-state index contributed by atoms with van der Waals surface area (Å²) < 4.78 is 11.9. The number of benzene rings is 1. The van der Waals surface area contributed by atoms with E-state index in [4.69, 9.17) is 9.47 Å². The normalized spacial score (nSPS) is 12.5. The molecule has 1 amide bonds. The van der Waals surface area contributed by atoms with E-state index in [0.29, 0.717) is 28.3 Å². The maximum atomic E-state index is 12.2. The van der Waals surface area contributed by atoms with Crippen LogP contribution in [0.5, 0.6) is 11.5 Å². The SMILES string of the molecule is O=C(Cn1cnc2sccc2c1=O)NCc1ccc2c(c1)OCO2. The van der Waals surface area contributed by atoms with Gasteiger partial charge in [0.05, 0.1) is 11.7 Å². The lowest BCUT2D eigenvalue weighted by atomic mass is 10.2. The van der Waals surface area contributed by atoms with Crippen molar-refractivity contribution in [2.24, 2.45) is 0 Å². The van der Waals surface area contributed by atoms with E-state index in [1.807, 2.05) is 23.6 Å². The fraction of sp³-hybridized carbons (Fsp3) is 0.188. The van der Waals surface area contributed by atoms with Crippen LogP contribution < -0.4 is 20.3 Å². The van der Waals surface area contributed by atoms with E-state index >= 15 is 0 Å². The zero-order valence-electron chi connectivity index (χ0n) is 12.5. The molecule has 1 aromatic carbocycles. The summed E-state index contributed by atoms with van der Waals surface area (Å²) in [5.41, 5.74) is 0.686. The zero-order valence-corrected chi connectivity index (χ0v) is 13.3. The Bertz CT molecular complexity index is 979. The van der Waals surface area contributed by atoms with E-state index < -0.39 is 0 Å². The molecule has 0 unspecified atom stereocenters. The third-order valence-electron chi connectivity index (χ3n) is 3.69. The van der Waals surface area contributed by atoms with Gasteiger partial charge in [-0.1, -0.05) is 6.07 Å². The van der Waals surface area contributed by atoms with Crippen LogP contribution in [-0.4, -0.2) is 22.3 Å². The summed E-state index contributed by atoms with van der Waals surface area (Å²) in [5, 5.41) is 5.13. The van der Waals surface area contributed by atoms with Gasteiger partial charge in [-0.25, -0.2) is 4.98 Å². The van der Waals surface area contributed by atoms with Crippen LogP contribution in [0, 0.1) is 0 Å². The molecule has 0 atom stereocenters. The molecule has 7 nitrogen and oxygen atoms in total. The number of fused-ring (bicyclic) bond motifs is 2. The number of nitrogens with zero attached hydrogens (tertiary/aromatic N) is 2. The highest BCUT2D eigenvalue weighted by molar-refractivity contribution is 7.16. The standard InChI is InChI=1S/C16H13N3O4S/c20-14(7-19-8-18-15-11(16(19)21)3-4-24-15)17-6-10-1-2-12-13(5-10)23-9-22-12/h1-5,8H,6-7,9H2,(H,17,20). The molecule has 4 rings (SSSR count). The van der Waals surface area contributed by atoms with Crippen molar-refractivity contribution in [3.05, 3.63) is 51.9 Å². The first-order valence-electron chi connectivity index (χ1n) is 7.28. The topological polar surface area (TPSA) is 82.5 Å². The van der Waals surface area contributed by atoms with Crippen molar-refractivity contribution >= 4 is 27.5 Å². The summed E-state index contributed by atoms with van der Waals surface area (Å²) >= 11 is 1.40. The molecule has 3 heterocycles. The molecule has 1 N–H and O–H groups in total. The van der Waals surface area contributed by atoms with Crippen LogP contribution in [0.1, 0.15) is 5.56 Å². The van der Waals surface area contributed by atoms with Gasteiger partial charge >= 0.3 is 0 Å². The first kappa shape index (κ1) is 14.7. The summed E-state index contributed by atoms with van der Waals surface area (Å²) in [5.74, 6) is 1.11. The maximum absolute atomic E-state index is 12.2. The molecule has 122 valence electrons. The Labute approximate surface area is 140 Å². The van der Waals surface area contributed by atoms with Crippen LogP contribution >= 0.6 is 11.3 Å². The number of ether oxygens (including phenoxy) is 2. The zero-order chi connectivity index (χ0) is 16.5. The minimum Gasteiger partial charge on any atom is -0.454 e. The fourth-order valence-electron chi connectivity index (χ4n) is 2.47. The van der Waals surface area contributed by atoms with Gasteiger partial charge < -0.3 is 14.8 Å². The lowest BCUT2D eigenvalue weighted by Gasteiger charge is -2.08. The smallest absolute Gasteiger partial charge is 0.262 e. The second-order valence-electron chi connectivity index (χ2n) is 5.28. The quantitative estimate of drug-likeness (QED) is 0.776. The Balaban J connectivity index is 1.43. The second kappa shape index (κ2) is 5.97. The van der Waals surface area contributed by atoms with Crippen LogP contribution in [0.15, 0.2) is 40.8 Å². The Kier molecular flexibility index (Phi) is 3.66. The van der Waals surface area contributed by atoms with Gasteiger partial charge in [-0.3, -0.25) is 14.2 Å². The number of carbonyl (C=O) groups excluding carboxylic acids is 1. The van der Waals surface area contributed by atoms with Gasteiger partial charge in [0.2, 0.25) is 12.7 Å². The first-order chi connectivity index (χ1) is 11.7. The predicted molar refractivity (Wildman–Crippen MR) is 88.3 cm³/mol. The van der Waals surface area contributed by atoms with E-state index in [1.165, 1.54) is 22.2 Å². The van der Waals surface area contributed by atoms with Crippen molar-refractivity contribution in [2.45, 2.75) is 13.1 Å². The van der Waals surface area contributed by atoms with Gasteiger partial charge in [0.15, 0.2) is 11.5 Å². The molecule has 0 spiro atoms. The minimum absolute atomic E-state index is 0.0673. The number of hydrogen-bond donors (Lipinski definition) is 1. The number of nitrogens with one attached hydrogen (secondary N) is 1. The number of thiophene rings is 1. The molecule has 8 heteroatoms. The maximum Gasteiger partial charge on any atom is 0.262 e. The molecule has 0 aliphatic carbocycles. The lowest BCUT2D eigenvalue weighted by Crippen LogP contribution is -2.32. The van der Waals surface area contributed by atoms with E-state index in [1.54, 1.807) is 6.07 Å². The lowest BCUT2D eigenvalue weighted by molar-refractivity contribution is -0.121. The number of rotatable bonds is 4. The molecule has 2 aromatic heterocycles. The van der Waals surface area contributed by atoms with Gasteiger partial charge in [-0.2, -0.15) is 0 Å². The van der Waals surface area contributed by atoms with Crippen molar-refractivity contribution in [3.8, 4) is 11.5 Å². The highest BCUT2D eigenvalue weighted by atomic mass is 32.1. The second-order valence-corrected chi connectivity index (χ2v) is 6.18. The van der Waals surface area contributed by atoms with Crippen molar-refractivity contribution in [1.29, 1.82) is 0 Å². The number of amides is 1. The summed E-state index contributed by atoms with van der Waals surface area (Å²) in [6.07, 6.45) is 1.40. The molecular weight excluding hydrogens is 330 g/mol.